The molecule has 0 amide bonds. The Balaban J connectivity index is 2.35. The van der Waals surface area contributed by atoms with Crippen LogP contribution in [0.3, 0.4) is 0 Å². The summed E-state index contributed by atoms with van der Waals surface area (Å²) in [6.07, 6.45) is 0.0840. The van der Waals surface area contributed by atoms with Crippen LogP contribution in [0.4, 0.5) is 4.39 Å². The lowest BCUT2D eigenvalue weighted by molar-refractivity contribution is -0.000743. The highest BCUT2D eigenvalue weighted by atomic mass is 32.2. The maximum Gasteiger partial charge on any atom is 0.246 e. The number of halogens is 1. The van der Waals surface area contributed by atoms with Crippen LogP contribution in [-0.4, -0.2) is 48.2 Å². The fraction of sp³-hybridized carbons (Fsp3) is 0.417. The highest BCUT2D eigenvalue weighted by molar-refractivity contribution is 7.89. The van der Waals surface area contributed by atoms with Gasteiger partial charge < -0.3 is 10.2 Å². The van der Waals surface area contributed by atoms with Crippen molar-refractivity contribution in [1.82, 2.24) is 4.31 Å². The average Bonchev–Trinajstić information content (AvgIpc) is 2.82. The molecule has 1 atom stereocenters. The monoisotopic (exact) mass is 300 g/mol. The molecule has 0 bridgehead atoms. The molecular formula is C12H13FN2O4S. The van der Waals surface area contributed by atoms with Crippen LogP contribution in [0.15, 0.2) is 23.1 Å². The number of nitrogens with zero attached hydrogens (tertiary/aromatic N) is 2. The van der Waals surface area contributed by atoms with Crippen molar-refractivity contribution < 1.29 is 23.0 Å². The van der Waals surface area contributed by atoms with Crippen molar-refractivity contribution in [2.75, 3.05) is 19.7 Å². The van der Waals surface area contributed by atoms with Gasteiger partial charge in [-0.05, 0) is 24.6 Å². The Hall–Kier alpha value is -1.53. The summed E-state index contributed by atoms with van der Waals surface area (Å²) in [6.45, 7) is -0.848. The predicted octanol–water partition coefficient (Wildman–Crippen LogP) is -0.185. The van der Waals surface area contributed by atoms with Crippen molar-refractivity contribution in [1.29, 1.82) is 5.26 Å². The lowest BCUT2D eigenvalue weighted by Gasteiger charge is -2.21. The normalized spacial score (nSPS) is 23.7. The van der Waals surface area contributed by atoms with Gasteiger partial charge in [-0.3, -0.25) is 0 Å². The maximum absolute atomic E-state index is 13.8. The van der Waals surface area contributed by atoms with E-state index in [1.807, 2.05) is 0 Å². The molecule has 1 fully saturated rings. The lowest BCUT2D eigenvalue weighted by atomic mass is 10.1. The summed E-state index contributed by atoms with van der Waals surface area (Å²) >= 11 is 0. The molecule has 6 nitrogen and oxygen atoms in total. The molecule has 1 aliphatic rings. The van der Waals surface area contributed by atoms with Crippen LogP contribution in [0.1, 0.15) is 12.0 Å². The largest absolute Gasteiger partial charge is 0.393 e. The zero-order valence-corrected chi connectivity index (χ0v) is 11.3. The number of benzene rings is 1. The molecule has 1 heterocycles. The predicted molar refractivity (Wildman–Crippen MR) is 66.5 cm³/mol. The summed E-state index contributed by atoms with van der Waals surface area (Å²) in [4.78, 5) is -0.543. The Morgan fingerprint density at radius 3 is 2.70 bits per heavy atom. The van der Waals surface area contributed by atoms with Crippen LogP contribution in [-0.2, 0) is 10.0 Å². The smallest absolute Gasteiger partial charge is 0.246 e. The molecule has 8 heteroatoms. The molecule has 108 valence electrons. The highest BCUT2D eigenvalue weighted by Gasteiger charge is 2.42. The van der Waals surface area contributed by atoms with E-state index in [1.54, 1.807) is 6.07 Å². The number of aliphatic hydroxyl groups is 2. The Bertz CT molecular complexity index is 671. The lowest BCUT2D eigenvalue weighted by Crippen LogP contribution is -2.39. The van der Waals surface area contributed by atoms with Gasteiger partial charge in [0, 0.05) is 13.1 Å². The van der Waals surface area contributed by atoms with Gasteiger partial charge in [0.1, 0.15) is 16.3 Å². The third-order valence-electron chi connectivity index (χ3n) is 3.27. The van der Waals surface area contributed by atoms with Crippen LogP contribution >= 0.6 is 0 Å². The Labute approximate surface area is 115 Å². The number of rotatable bonds is 3. The van der Waals surface area contributed by atoms with Crippen LogP contribution in [0.2, 0.25) is 0 Å². The molecule has 0 saturated carbocycles. The van der Waals surface area contributed by atoms with Crippen molar-refractivity contribution >= 4 is 10.0 Å². The molecule has 1 aliphatic heterocycles. The number of hydrogen-bond donors (Lipinski definition) is 2. The van der Waals surface area contributed by atoms with Crippen molar-refractivity contribution in [3.63, 3.8) is 0 Å². The zero-order valence-electron chi connectivity index (χ0n) is 10.5. The van der Waals surface area contributed by atoms with Crippen LogP contribution in [0.25, 0.3) is 0 Å². The van der Waals surface area contributed by atoms with E-state index in [0.29, 0.717) is 0 Å². The van der Waals surface area contributed by atoms with Crippen LogP contribution < -0.4 is 0 Å². The second-order valence-corrected chi connectivity index (χ2v) is 6.63. The second-order valence-electron chi connectivity index (χ2n) is 4.73. The Morgan fingerprint density at radius 1 is 1.50 bits per heavy atom. The minimum atomic E-state index is -4.10. The van der Waals surface area contributed by atoms with Gasteiger partial charge in [-0.1, -0.05) is 0 Å². The van der Waals surface area contributed by atoms with E-state index in [2.05, 4.69) is 0 Å². The molecule has 2 N–H and O–H groups in total. The number of sulfonamides is 1. The molecule has 1 aromatic carbocycles. The summed E-state index contributed by atoms with van der Waals surface area (Å²) in [6, 6.07) is 4.81. The topological polar surface area (TPSA) is 102 Å². The average molecular weight is 300 g/mol. The standard InChI is InChI=1S/C12H13FN2O4S/c13-10-5-9(6-14)1-2-11(10)20(18,19)15-4-3-12(17,7-15)8-16/h1-2,5,16-17H,3-4,7-8H2/t12-/m1/s1. The van der Waals surface area contributed by atoms with Gasteiger partial charge in [0.2, 0.25) is 10.0 Å². The highest BCUT2D eigenvalue weighted by Crippen LogP contribution is 2.28. The van der Waals surface area contributed by atoms with E-state index < -0.39 is 32.9 Å². The summed E-state index contributed by atoms with van der Waals surface area (Å²) in [5, 5.41) is 27.5. The van der Waals surface area contributed by atoms with Crippen molar-refractivity contribution in [2.45, 2.75) is 16.9 Å². The number of nitriles is 1. The summed E-state index contributed by atoms with van der Waals surface area (Å²) in [7, 11) is -4.10. The van der Waals surface area contributed by atoms with Crippen LogP contribution in [0.5, 0.6) is 0 Å². The summed E-state index contributed by atoms with van der Waals surface area (Å²) in [5.41, 5.74) is -1.47. The van der Waals surface area contributed by atoms with E-state index in [1.165, 1.54) is 6.07 Å². The molecule has 0 unspecified atom stereocenters. The van der Waals surface area contributed by atoms with Gasteiger partial charge >= 0.3 is 0 Å². The first-order valence-corrected chi connectivity index (χ1v) is 7.29. The minimum Gasteiger partial charge on any atom is -0.393 e. The fourth-order valence-electron chi connectivity index (χ4n) is 2.07. The molecular weight excluding hydrogens is 287 g/mol. The van der Waals surface area contributed by atoms with Crippen molar-refractivity contribution in [2.24, 2.45) is 0 Å². The second kappa shape index (κ2) is 5.10. The summed E-state index contributed by atoms with van der Waals surface area (Å²) < 4.78 is 39.3. The van der Waals surface area contributed by atoms with E-state index in [9.17, 15) is 17.9 Å². The third kappa shape index (κ3) is 2.53. The SMILES string of the molecule is N#Cc1ccc(S(=O)(=O)N2CC[C@](O)(CO)C2)c(F)c1. The zero-order chi connectivity index (χ0) is 15.0. The van der Waals surface area contributed by atoms with Crippen LogP contribution in [0, 0.1) is 17.1 Å². The van der Waals surface area contributed by atoms with Crippen molar-refractivity contribution in [3.8, 4) is 6.07 Å². The minimum absolute atomic E-state index is 0.00116. The molecule has 1 saturated heterocycles. The third-order valence-corrected chi connectivity index (χ3v) is 5.15. The van der Waals surface area contributed by atoms with Gasteiger partial charge in [-0.25, -0.2) is 12.8 Å². The van der Waals surface area contributed by atoms with Gasteiger partial charge in [0.05, 0.1) is 18.2 Å². The van der Waals surface area contributed by atoms with Crippen molar-refractivity contribution in [3.05, 3.63) is 29.6 Å². The van der Waals surface area contributed by atoms with Gasteiger partial charge in [0.25, 0.3) is 0 Å². The first-order valence-electron chi connectivity index (χ1n) is 5.85. The quantitative estimate of drug-likeness (QED) is 0.806. The molecule has 0 spiro atoms. The molecule has 1 aromatic rings. The molecule has 20 heavy (non-hydrogen) atoms. The first kappa shape index (κ1) is 14.9. The van der Waals surface area contributed by atoms with Gasteiger partial charge in [0.15, 0.2) is 0 Å². The summed E-state index contributed by atoms with van der Waals surface area (Å²) in [5.74, 6) is -1.01. The molecule has 0 aliphatic carbocycles. The Kier molecular flexibility index (Phi) is 3.80. The van der Waals surface area contributed by atoms with E-state index in [4.69, 9.17) is 10.4 Å². The molecule has 2 rings (SSSR count). The fourth-order valence-corrected chi connectivity index (χ4v) is 3.64. The van der Waals surface area contributed by atoms with Gasteiger partial charge in [-0.2, -0.15) is 9.57 Å². The van der Waals surface area contributed by atoms with E-state index >= 15 is 0 Å². The Morgan fingerprint density at radius 2 is 2.20 bits per heavy atom. The number of β-amino-alcohol motifs (C(OH)–C–C–N with tert-alkyl or cyclic N) is 1. The first-order chi connectivity index (χ1) is 9.32. The van der Waals surface area contributed by atoms with E-state index in [-0.39, 0.29) is 25.1 Å². The number of aliphatic hydroxyl groups excluding tert-OH is 1. The molecule has 0 radical (unpaired) electrons. The maximum atomic E-state index is 13.8. The van der Waals surface area contributed by atoms with E-state index in [0.717, 1.165) is 16.4 Å². The molecule has 0 aromatic heterocycles. The van der Waals surface area contributed by atoms with Gasteiger partial charge in [-0.15, -0.1) is 0 Å². The number of hydrogen-bond acceptors (Lipinski definition) is 5.